The molecular weight excluding hydrogens is 272 g/mol. The zero-order valence-electron chi connectivity index (χ0n) is 14.4. The Morgan fingerprint density at radius 2 is 1.59 bits per heavy atom. The number of hydrogen-bond donors (Lipinski definition) is 2. The first-order chi connectivity index (χ1) is 10.5. The highest BCUT2D eigenvalue weighted by Gasteiger charge is 2.60. The van der Waals surface area contributed by atoms with Gasteiger partial charge in [0.1, 0.15) is 0 Å². The van der Waals surface area contributed by atoms with Gasteiger partial charge in [0.25, 0.3) is 0 Å². The van der Waals surface area contributed by atoms with Crippen LogP contribution in [-0.4, -0.2) is 22.9 Å². The molecular formula is C20H34O2. The van der Waals surface area contributed by atoms with Gasteiger partial charge in [-0.05, 0) is 98.2 Å². The highest BCUT2D eigenvalue weighted by Crippen LogP contribution is 2.66. The summed E-state index contributed by atoms with van der Waals surface area (Å²) in [6, 6.07) is 0. The molecule has 8 atom stereocenters. The van der Waals surface area contributed by atoms with Crippen molar-refractivity contribution in [2.24, 2.45) is 40.4 Å². The summed E-state index contributed by atoms with van der Waals surface area (Å²) < 4.78 is 0. The van der Waals surface area contributed by atoms with E-state index in [-0.39, 0.29) is 11.5 Å². The fourth-order valence-electron chi connectivity index (χ4n) is 7.62. The van der Waals surface area contributed by atoms with E-state index < -0.39 is 0 Å². The fraction of sp³-hybridized carbons (Fsp3) is 1.00. The summed E-state index contributed by atoms with van der Waals surface area (Å²) >= 11 is 0. The molecule has 0 heterocycles. The maximum atomic E-state index is 10.5. The summed E-state index contributed by atoms with van der Waals surface area (Å²) in [7, 11) is 0. The summed E-state index contributed by atoms with van der Waals surface area (Å²) in [6.07, 6.45) is 11.4. The molecule has 0 aromatic carbocycles. The van der Waals surface area contributed by atoms with Crippen LogP contribution in [0.15, 0.2) is 0 Å². The van der Waals surface area contributed by atoms with Gasteiger partial charge in [-0.3, -0.25) is 0 Å². The molecule has 2 nitrogen and oxygen atoms in total. The van der Waals surface area contributed by atoms with Crippen molar-refractivity contribution in [1.29, 1.82) is 0 Å². The molecule has 0 aromatic rings. The predicted molar refractivity (Wildman–Crippen MR) is 88.3 cm³/mol. The third-order valence-corrected chi connectivity index (χ3v) is 8.93. The third-order valence-electron chi connectivity index (χ3n) is 8.93. The molecule has 4 saturated carbocycles. The third kappa shape index (κ3) is 1.99. The van der Waals surface area contributed by atoms with Crippen molar-refractivity contribution in [1.82, 2.24) is 0 Å². The van der Waals surface area contributed by atoms with Crippen LogP contribution in [0.1, 0.15) is 71.6 Å². The number of rotatable bonds is 1. The van der Waals surface area contributed by atoms with Gasteiger partial charge in [-0.25, -0.2) is 0 Å². The van der Waals surface area contributed by atoms with Gasteiger partial charge >= 0.3 is 0 Å². The van der Waals surface area contributed by atoms with E-state index >= 15 is 0 Å². The maximum Gasteiger partial charge on any atom is 0.0596 e. The van der Waals surface area contributed by atoms with Gasteiger partial charge in [-0.15, -0.1) is 0 Å². The molecule has 2 N–H and O–H groups in total. The standard InChI is InChI=1S/C20H34O2/c1-19-10-9-17-15(16(19)7-8-18(19)22)6-5-14-4-3-13(12-21)11-20(14,17)2/h13-18,21-22H,3-12H2,1-2H3/t13-,14-,15+,16+,17+,18+,19+,20+/m1/s1. The second kappa shape index (κ2) is 5.21. The molecule has 22 heavy (non-hydrogen) atoms. The molecule has 4 rings (SSSR count). The van der Waals surface area contributed by atoms with E-state index in [1.807, 2.05) is 0 Å². The van der Waals surface area contributed by atoms with E-state index in [1.54, 1.807) is 0 Å². The van der Waals surface area contributed by atoms with Crippen LogP contribution in [0, 0.1) is 40.4 Å². The van der Waals surface area contributed by atoms with E-state index in [0.717, 1.165) is 30.1 Å². The summed E-state index contributed by atoms with van der Waals surface area (Å²) in [5.74, 6) is 3.89. The minimum atomic E-state index is -0.0551. The van der Waals surface area contributed by atoms with Crippen molar-refractivity contribution in [3.05, 3.63) is 0 Å². The van der Waals surface area contributed by atoms with E-state index in [1.165, 1.54) is 51.4 Å². The molecule has 2 heteroatoms. The van der Waals surface area contributed by atoms with Gasteiger partial charge in [-0.1, -0.05) is 13.8 Å². The van der Waals surface area contributed by atoms with Crippen molar-refractivity contribution >= 4 is 0 Å². The Morgan fingerprint density at radius 3 is 2.36 bits per heavy atom. The van der Waals surface area contributed by atoms with Crippen molar-refractivity contribution in [3.63, 3.8) is 0 Å². The normalized spacial score (nSPS) is 57.8. The molecule has 0 spiro atoms. The molecule has 0 aliphatic heterocycles. The summed E-state index contributed by atoms with van der Waals surface area (Å²) in [5.41, 5.74) is 0.666. The Labute approximate surface area is 135 Å². The first-order valence-electron chi connectivity index (χ1n) is 9.78. The molecule has 4 aliphatic rings. The molecule has 0 saturated heterocycles. The zero-order valence-corrected chi connectivity index (χ0v) is 14.4. The molecule has 126 valence electrons. The van der Waals surface area contributed by atoms with Gasteiger partial charge in [0.2, 0.25) is 0 Å². The van der Waals surface area contributed by atoms with Gasteiger partial charge in [0.05, 0.1) is 6.10 Å². The molecule has 0 unspecified atom stereocenters. The lowest BCUT2D eigenvalue weighted by molar-refractivity contribution is -0.131. The largest absolute Gasteiger partial charge is 0.396 e. The minimum absolute atomic E-state index is 0.0551. The summed E-state index contributed by atoms with van der Waals surface area (Å²) in [6.45, 7) is 5.32. The van der Waals surface area contributed by atoms with Crippen LogP contribution in [0.4, 0.5) is 0 Å². The number of aliphatic hydroxyl groups excluding tert-OH is 2. The van der Waals surface area contributed by atoms with Crippen LogP contribution in [0.3, 0.4) is 0 Å². The van der Waals surface area contributed by atoms with Crippen LogP contribution < -0.4 is 0 Å². The second-order valence-electron chi connectivity index (χ2n) is 9.62. The highest BCUT2D eigenvalue weighted by molar-refractivity contribution is 5.09. The summed E-state index contributed by atoms with van der Waals surface area (Å²) in [5, 5.41) is 20.2. The lowest BCUT2D eigenvalue weighted by Crippen LogP contribution is -2.54. The van der Waals surface area contributed by atoms with E-state index in [9.17, 15) is 10.2 Å². The molecule has 0 bridgehead atoms. The van der Waals surface area contributed by atoms with Crippen LogP contribution in [0.2, 0.25) is 0 Å². The number of fused-ring (bicyclic) bond motifs is 5. The van der Waals surface area contributed by atoms with Crippen molar-refractivity contribution in [2.75, 3.05) is 6.61 Å². The Kier molecular flexibility index (Phi) is 3.66. The van der Waals surface area contributed by atoms with Crippen LogP contribution in [0.5, 0.6) is 0 Å². The Morgan fingerprint density at radius 1 is 0.864 bits per heavy atom. The van der Waals surface area contributed by atoms with Gasteiger partial charge in [0, 0.05) is 6.61 Å². The Bertz CT molecular complexity index is 435. The zero-order chi connectivity index (χ0) is 15.5. The van der Waals surface area contributed by atoms with Gasteiger partial charge in [0.15, 0.2) is 0 Å². The quantitative estimate of drug-likeness (QED) is 0.769. The maximum absolute atomic E-state index is 10.5. The van der Waals surface area contributed by atoms with Gasteiger partial charge in [-0.2, -0.15) is 0 Å². The van der Waals surface area contributed by atoms with Crippen LogP contribution in [-0.2, 0) is 0 Å². The van der Waals surface area contributed by atoms with E-state index in [0.29, 0.717) is 17.9 Å². The van der Waals surface area contributed by atoms with Crippen molar-refractivity contribution < 1.29 is 10.2 Å². The van der Waals surface area contributed by atoms with Gasteiger partial charge < -0.3 is 10.2 Å². The fourth-order valence-corrected chi connectivity index (χ4v) is 7.62. The SMILES string of the molecule is C[C@]12C[C@H](CO)CC[C@@H]1CC[C@@H]1[C@@H]2CC[C@]2(C)[C@@H](O)CC[C@@H]12. The highest BCUT2D eigenvalue weighted by atomic mass is 16.3. The monoisotopic (exact) mass is 306 g/mol. The first-order valence-corrected chi connectivity index (χ1v) is 9.78. The minimum Gasteiger partial charge on any atom is -0.396 e. The van der Waals surface area contributed by atoms with Crippen LogP contribution >= 0.6 is 0 Å². The second-order valence-corrected chi connectivity index (χ2v) is 9.62. The lowest BCUT2D eigenvalue weighted by Gasteiger charge is -2.61. The van der Waals surface area contributed by atoms with Crippen molar-refractivity contribution in [2.45, 2.75) is 77.7 Å². The average Bonchev–Trinajstić information content (AvgIpc) is 2.81. The Balaban J connectivity index is 1.62. The molecule has 4 fully saturated rings. The lowest BCUT2D eigenvalue weighted by atomic mass is 9.44. The van der Waals surface area contributed by atoms with E-state index in [2.05, 4.69) is 13.8 Å². The summed E-state index contributed by atoms with van der Waals surface area (Å²) in [4.78, 5) is 0. The first kappa shape index (κ1) is 15.4. The Hall–Kier alpha value is -0.0800. The van der Waals surface area contributed by atoms with Crippen molar-refractivity contribution in [3.8, 4) is 0 Å². The topological polar surface area (TPSA) is 40.5 Å². The van der Waals surface area contributed by atoms with Crippen LogP contribution in [0.25, 0.3) is 0 Å². The molecule has 0 amide bonds. The molecule has 4 aliphatic carbocycles. The average molecular weight is 306 g/mol. The predicted octanol–water partition coefficient (Wildman–Crippen LogP) is 4.00. The number of hydrogen-bond acceptors (Lipinski definition) is 2. The molecule has 0 aromatic heterocycles. The smallest absolute Gasteiger partial charge is 0.0596 e. The van der Waals surface area contributed by atoms with E-state index in [4.69, 9.17) is 0 Å². The molecule has 0 radical (unpaired) electrons. The number of aliphatic hydroxyl groups is 2.